The van der Waals surface area contributed by atoms with Crippen LogP contribution in [0.5, 0.6) is 5.75 Å². The molecule has 0 spiro atoms. The minimum atomic E-state index is -0.786. The Labute approximate surface area is 172 Å². The molecule has 3 aromatic carbocycles. The van der Waals surface area contributed by atoms with Gasteiger partial charge < -0.3 is 9.47 Å². The molecule has 0 radical (unpaired) electrons. The van der Waals surface area contributed by atoms with Gasteiger partial charge in [0.2, 0.25) is 5.90 Å². The smallest absolute Gasteiger partial charge is 0.363 e. The second-order valence-corrected chi connectivity index (χ2v) is 6.59. The van der Waals surface area contributed by atoms with E-state index in [-0.39, 0.29) is 22.9 Å². The third-order valence-corrected chi connectivity index (χ3v) is 4.48. The van der Waals surface area contributed by atoms with Crippen molar-refractivity contribution in [3.05, 3.63) is 107 Å². The molecular formula is C24H16FNO4. The molecular weight excluding hydrogens is 385 g/mol. The van der Waals surface area contributed by atoms with Gasteiger partial charge in [-0.15, -0.1) is 0 Å². The van der Waals surface area contributed by atoms with Crippen molar-refractivity contribution in [1.29, 1.82) is 0 Å². The van der Waals surface area contributed by atoms with Crippen molar-refractivity contribution in [3.8, 4) is 5.75 Å². The molecule has 0 bridgehead atoms. The molecule has 0 amide bonds. The summed E-state index contributed by atoms with van der Waals surface area (Å²) in [6.07, 6.45) is 1.58. The van der Waals surface area contributed by atoms with E-state index in [4.69, 9.17) is 9.47 Å². The maximum Gasteiger partial charge on any atom is 0.363 e. The molecule has 0 N–H and O–H groups in total. The molecule has 3 aromatic rings. The first-order valence-electron chi connectivity index (χ1n) is 9.16. The molecule has 1 aliphatic heterocycles. The lowest BCUT2D eigenvalue weighted by Crippen LogP contribution is -2.10. The van der Waals surface area contributed by atoms with Crippen molar-refractivity contribution in [2.75, 3.05) is 0 Å². The average molecular weight is 401 g/mol. The Morgan fingerprint density at radius 2 is 1.70 bits per heavy atom. The highest BCUT2D eigenvalue weighted by Crippen LogP contribution is 2.22. The molecule has 0 saturated heterocycles. The quantitative estimate of drug-likeness (QED) is 0.361. The number of hydrogen-bond donors (Lipinski definition) is 0. The summed E-state index contributed by atoms with van der Waals surface area (Å²) in [6, 6.07) is 19.5. The Balaban J connectivity index is 1.51. The first kappa shape index (κ1) is 19.3. The van der Waals surface area contributed by atoms with Crippen LogP contribution in [0.4, 0.5) is 4.39 Å². The molecule has 0 aliphatic carbocycles. The Hall–Kier alpha value is -4.06. The van der Waals surface area contributed by atoms with E-state index in [0.29, 0.717) is 5.56 Å². The summed E-state index contributed by atoms with van der Waals surface area (Å²) in [5.74, 6) is -1.46. The van der Waals surface area contributed by atoms with E-state index < -0.39 is 17.8 Å². The minimum Gasteiger partial charge on any atom is -0.423 e. The Kier molecular flexibility index (Phi) is 5.22. The van der Waals surface area contributed by atoms with E-state index in [9.17, 15) is 14.0 Å². The predicted octanol–water partition coefficient (Wildman–Crippen LogP) is 4.70. The van der Waals surface area contributed by atoms with Gasteiger partial charge in [-0.25, -0.2) is 19.0 Å². The van der Waals surface area contributed by atoms with Crippen LogP contribution >= 0.6 is 0 Å². The van der Waals surface area contributed by atoms with E-state index in [1.807, 2.05) is 31.2 Å². The molecule has 0 unspecified atom stereocenters. The third kappa shape index (κ3) is 4.03. The summed E-state index contributed by atoms with van der Waals surface area (Å²) in [4.78, 5) is 28.5. The van der Waals surface area contributed by atoms with Gasteiger partial charge in [-0.2, -0.15) is 0 Å². The van der Waals surface area contributed by atoms with Crippen LogP contribution in [0.3, 0.4) is 0 Å². The van der Waals surface area contributed by atoms with Crippen molar-refractivity contribution in [2.24, 2.45) is 4.99 Å². The molecule has 0 fully saturated rings. The van der Waals surface area contributed by atoms with Crippen LogP contribution in [0.25, 0.3) is 6.08 Å². The van der Waals surface area contributed by atoms with Gasteiger partial charge in [-0.3, -0.25) is 0 Å². The maximum absolute atomic E-state index is 13.7. The molecule has 148 valence electrons. The topological polar surface area (TPSA) is 65.0 Å². The molecule has 30 heavy (non-hydrogen) atoms. The highest BCUT2D eigenvalue weighted by molar-refractivity contribution is 6.13. The molecule has 6 heteroatoms. The van der Waals surface area contributed by atoms with Crippen molar-refractivity contribution < 1.29 is 23.5 Å². The number of hydrogen-bond acceptors (Lipinski definition) is 5. The summed E-state index contributed by atoms with van der Waals surface area (Å²) in [5, 5.41) is 0. The lowest BCUT2D eigenvalue weighted by atomic mass is 10.1. The van der Waals surface area contributed by atoms with E-state index in [0.717, 1.165) is 11.1 Å². The van der Waals surface area contributed by atoms with Crippen LogP contribution in [0, 0.1) is 12.7 Å². The van der Waals surface area contributed by atoms with Gasteiger partial charge >= 0.3 is 11.9 Å². The van der Waals surface area contributed by atoms with Gasteiger partial charge in [0.15, 0.2) is 5.70 Å². The molecule has 0 saturated carbocycles. The van der Waals surface area contributed by atoms with E-state index in [1.54, 1.807) is 36.4 Å². The number of esters is 2. The van der Waals surface area contributed by atoms with Crippen molar-refractivity contribution in [3.63, 3.8) is 0 Å². The standard InChI is InChI=1S/C24H16FNO4/c1-15-6-2-3-7-18(15)22-26-21(24(28)30-22)14-16-10-12-17(13-11-16)29-23(27)19-8-4-5-9-20(19)25/h2-14H,1H3/b21-14+. The highest BCUT2D eigenvalue weighted by Gasteiger charge is 2.25. The van der Waals surface area contributed by atoms with Crippen molar-refractivity contribution in [1.82, 2.24) is 0 Å². The first-order valence-corrected chi connectivity index (χ1v) is 9.16. The molecule has 4 rings (SSSR count). The molecule has 5 nitrogen and oxygen atoms in total. The highest BCUT2D eigenvalue weighted by atomic mass is 19.1. The van der Waals surface area contributed by atoms with Gasteiger partial charge in [0, 0.05) is 5.56 Å². The monoisotopic (exact) mass is 401 g/mol. The third-order valence-electron chi connectivity index (χ3n) is 4.48. The zero-order chi connectivity index (χ0) is 21.1. The molecule has 1 heterocycles. The summed E-state index contributed by atoms with van der Waals surface area (Å²) in [5.41, 5.74) is 2.40. The number of carbonyl (C=O) groups excluding carboxylic acids is 2. The maximum atomic E-state index is 13.7. The Morgan fingerprint density at radius 1 is 1.00 bits per heavy atom. The van der Waals surface area contributed by atoms with Crippen LogP contribution in [-0.4, -0.2) is 17.8 Å². The Morgan fingerprint density at radius 3 is 2.43 bits per heavy atom. The van der Waals surface area contributed by atoms with Crippen molar-refractivity contribution >= 4 is 23.9 Å². The number of ether oxygens (including phenoxy) is 2. The second-order valence-electron chi connectivity index (χ2n) is 6.59. The summed E-state index contributed by atoms with van der Waals surface area (Å²) >= 11 is 0. The number of aryl methyl sites for hydroxylation is 1. The van der Waals surface area contributed by atoms with Crippen molar-refractivity contribution in [2.45, 2.75) is 6.92 Å². The number of nitrogens with zero attached hydrogens (tertiary/aromatic N) is 1. The minimum absolute atomic E-state index is 0.143. The lowest BCUT2D eigenvalue weighted by Gasteiger charge is -2.05. The fraction of sp³-hybridized carbons (Fsp3) is 0.0417. The van der Waals surface area contributed by atoms with Crippen LogP contribution in [0.1, 0.15) is 27.0 Å². The van der Waals surface area contributed by atoms with Crippen LogP contribution in [0.15, 0.2) is 83.5 Å². The summed E-state index contributed by atoms with van der Waals surface area (Å²) in [7, 11) is 0. The largest absolute Gasteiger partial charge is 0.423 e. The number of rotatable bonds is 4. The number of cyclic esters (lactones) is 1. The van der Waals surface area contributed by atoms with Gasteiger partial charge in [0.05, 0.1) is 5.56 Å². The van der Waals surface area contributed by atoms with E-state index in [1.165, 1.54) is 18.2 Å². The van der Waals surface area contributed by atoms with Gasteiger partial charge in [-0.05, 0) is 54.5 Å². The number of halogens is 1. The predicted molar refractivity (Wildman–Crippen MR) is 110 cm³/mol. The van der Waals surface area contributed by atoms with Gasteiger partial charge in [0.1, 0.15) is 11.6 Å². The number of benzene rings is 3. The normalized spacial score (nSPS) is 14.4. The average Bonchev–Trinajstić information content (AvgIpc) is 3.10. The molecule has 1 aliphatic rings. The fourth-order valence-corrected chi connectivity index (χ4v) is 2.92. The zero-order valence-corrected chi connectivity index (χ0v) is 16.0. The number of carbonyl (C=O) groups is 2. The lowest BCUT2D eigenvalue weighted by molar-refractivity contribution is -0.129. The molecule has 0 aromatic heterocycles. The fourth-order valence-electron chi connectivity index (χ4n) is 2.92. The van der Waals surface area contributed by atoms with Crippen LogP contribution in [-0.2, 0) is 9.53 Å². The SMILES string of the molecule is Cc1ccccc1C1=N/C(=C/c2ccc(OC(=O)c3ccccc3F)cc2)C(=O)O1. The summed E-state index contributed by atoms with van der Waals surface area (Å²) < 4.78 is 24.2. The van der Waals surface area contributed by atoms with Crippen LogP contribution in [0.2, 0.25) is 0 Å². The zero-order valence-electron chi connectivity index (χ0n) is 16.0. The molecule has 0 atom stereocenters. The number of aliphatic imine (C=N–C) groups is 1. The van der Waals surface area contributed by atoms with Crippen LogP contribution < -0.4 is 4.74 Å². The van der Waals surface area contributed by atoms with E-state index in [2.05, 4.69) is 4.99 Å². The van der Waals surface area contributed by atoms with E-state index >= 15 is 0 Å². The second kappa shape index (κ2) is 8.13. The Bertz CT molecular complexity index is 1200. The first-order chi connectivity index (χ1) is 14.5. The van der Waals surface area contributed by atoms with Gasteiger partial charge in [0.25, 0.3) is 0 Å². The summed E-state index contributed by atoms with van der Waals surface area (Å²) in [6.45, 7) is 1.91. The van der Waals surface area contributed by atoms with Gasteiger partial charge in [-0.1, -0.05) is 42.5 Å².